The highest BCUT2D eigenvalue weighted by molar-refractivity contribution is 7.90. The summed E-state index contributed by atoms with van der Waals surface area (Å²) < 4.78 is 26.5. The standard InChI is InChI=1S/C15H26N2O2S/c1-2-12-7-9-13(10-8-12)14-5-3-4-6-15(14)20(18,19)17-11-16/h12-15,17H,2-10H2,1H3. The first kappa shape index (κ1) is 15.6. The lowest BCUT2D eigenvalue weighted by Crippen LogP contribution is -2.42. The Morgan fingerprint density at radius 2 is 1.75 bits per heavy atom. The van der Waals surface area contributed by atoms with Crippen LogP contribution >= 0.6 is 0 Å². The van der Waals surface area contributed by atoms with Gasteiger partial charge < -0.3 is 0 Å². The third kappa shape index (κ3) is 3.46. The molecular weight excluding hydrogens is 272 g/mol. The van der Waals surface area contributed by atoms with E-state index in [0.717, 1.165) is 31.6 Å². The van der Waals surface area contributed by atoms with Crippen LogP contribution in [-0.4, -0.2) is 13.7 Å². The summed E-state index contributed by atoms with van der Waals surface area (Å²) in [6, 6.07) is 0. The second-order valence-electron chi connectivity index (χ2n) is 6.43. The van der Waals surface area contributed by atoms with E-state index in [1.165, 1.54) is 32.1 Å². The molecule has 2 aliphatic carbocycles. The van der Waals surface area contributed by atoms with Crippen LogP contribution in [0.1, 0.15) is 64.7 Å². The topological polar surface area (TPSA) is 70.0 Å². The van der Waals surface area contributed by atoms with Crippen LogP contribution in [0, 0.1) is 29.2 Å². The van der Waals surface area contributed by atoms with Crippen LogP contribution < -0.4 is 4.72 Å². The highest BCUT2D eigenvalue weighted by Gasteiger charge is 2.40. The summed E-state index contributed by atoms with van der Waals surface area (Å²) in [5.41, 5.74) is 0. The molecule has 20 heavy (non-hydrogen) atoms. The second kappa shape index (κ2) is 6.80. The molecule has 0 aromatic carbocycles. The lowest BCUT2D eigenvalue weighted by Gasteiger charge is -2.39. The molecule has 2 rings (SSSR count). The van der Waals surface area contributed by atoms with Crippen molar-refractivity contribution in [2.75, 3.05) is 0 Å². The number of sulfonamides is 1. The summed E-state index contributed by atoms with van der Waals surface area (Å²) in [7, 11) is -3.46. The van der Waals surface area contributed by atoms with Crippen molar-refractivity contribution in [3.63, 3.8) is 0 Å². The van der Waals surface area contributed by atoms with Crippen LogP contribution in [0.15, 0.2) is 0 Å². The van der Waals surface area contributed by atoms with Crippen molar-refractivity contribution in [1.82, 2.24) is 4.72 Å². The Bertz CT molecular complexity index is 447. The molecular formula is C15H26N2O2S. The van der Waals surface area contributed by atoms with Crippen LogP contribution in [0.4, 0.5) is 0 Å². The van der Waals surface area contributed by atoms with Crippen molar-refractivity contribution in [3.8, 4) is 6.19 Å². The molecule has 0 spiro atoms. The lowest BCUT2D eigenvalue weighted by molar-refractivity contribution is 0.167. The van der Waals surface area contributed by atoms with E-state index in [9.17, 15) is 8.42 Å². The largest absolute Gasteiger partial charge is 0.244 e. The van der Waals surface area contributed by atoms with Crippen molar-refractivity contribution >= 4 is 10.0 Å². The summed E-state index contributed by atoms with van der Waals surface area (Å²) >= 11 is 0. The van der Waals surface area contributed by atoms with Gasteiger partial charge in [0, 0.05) is 0 Å². The van der Waals surface area contributed by atoms with E-state index in [0.29, 0.717) is 5.92 Å². The number of hydrogen-bond donors (Lipinski definition) is 1. The molecule has 0 radical (unpaired) electrons. The molecule has 0 saturated heterocycles. The highest BCUT2D eigenvalue weighted by atomic mass is 32.2. The number of nitrogens with one attached hydrogen (secondary N) is 1. The molecule has 0 aliphatic heterocycles. The summed E-state index contributed by atoms with van der Waals surface area (Å²) in [6.07, 6.45) is 11.5. The van der Waals surface area contributed by atoms with Crippen molar-refractivity contribution in [2.45, 2.75) is 70.0 Å². The van der Waals surface area contributed by atoms with Gasteiger partial charge in [0.05, 0.1) is 5.25 Å². The average Bonchev–Trinajstić information content (AvgIpc) is 2.47. The Labute approximate surface area is 123 Å². The molecule has 114 valence electrons. The predicted octanol–water partition coefficient (Wildman–Crippen LogP) is 3.16. The van der Waals surface area contributed by atoms with Gasteiger partial charge in [0.15, 0.2) is 6.19 Å². The van der Waals surface area contributed by atoms with Gasteiger partial charge in [-0.05, 0) is 43.4 Å². The van der Waals surface area contributed by atoms with Crippen LogP contribution in [0.25, 0.3) is 0 Å². The Kier molecular flexibility index (Phi) is 5.31. The Balaban J connectivity index is 2.06. The number of rotatable bonds is 4. The summed E-state index contributed by atoms with van der Waals surface area (Å²) in [5, 5.41) is 8.31. The van der Waals surface area contributed by atoms with E-state index in [1.807, 2.05) is 0 Å². The molecule has 5 heteroatoms. The fourth-order valence-electron chi connectivity index (χ4n) is 4.21. The van der Waals surface area contributed by atoms with Crippen LogP contribution in [0.3, 0.4) is 0 Å². The van der Waals surface area contributed by atoms with Gasteiger partial charge in [0.25, 0.3) is 0 Å². The monoisotopic (exact) mass is 298 g/mol. The SMILES string of the molecule is CCC1CCC(C2CCCCC2S(=O)(=O)NC#N)CC1. The summed E-state index contributed by atoms with van der Waals surface area (Å²) in [4.78, 5) is 0. The van der Waals surface area contributed by atoms with Crippen LogP contribution in [0.5, 0.6) is 0 Å². The van der Waals surface area contributed by atoms with Gasteiger partial charge in [0.2, 0.25) is 10.0 Å². The molecule has 0 amide bonds. The maximum absolute atomic E-state index is 12.2. The highest BCUT2D eigenvalue weighted by Crippen LogP contribution is 2.42. The Hall–Kier alpha value is -0.760. The quantitative estimate of drug-likeness (QED) is 0.640. The van der Waals surface area contributed by atoms with E-state index < -0.39 is 10.0 Å². The predicted molar refractivity (Wildman–Crippen MR) is 79.2 cm³/mol. The first-order valence-electron chi connectivity index (χ1n) is 7.98. The molecule has 2 saturated carbocycles. The smallest absolute Gasteiger partial charge is 0.219 e. The van der Waals surface area contributed by atoms with Gasteiger partial charge in [0.1, 0.15) is 0 Å². The molecule has 0 aromatic heterocycles. The molecule has 1 N–H and O–H groups in total. The molecule has 0 aromatic rings. The second-order valence-corrected chi connectivity index (χ2v) is 8.33. The zero-order chi connectivity index (χ0) is 14.6. The van der Waals surface area contributed by atoms with E-state index in [4.69, 9.17) is 5.26 Å². The van der Waals surface area contributed by atoms with Gasteiger partial charge in [-0.2, -0.15) is 5.26 Å². The third-order valence-electron chi connectivity index (χ3n) is 5.41. The maximum atomic E-state index is 12.2. The zero-order valence-corrected chi connectivity index (χ0v) is 13.2. The maximum Gasteiger partial charge on any atom is 0.244 e. The van der Waals surface area contributed by atoms with Crippen molar-refractivity contribution in [2.24, 2.45) is 17.8 Å². The minimum atomic E-state index is -3.46. The zero-order valence-electron chi connectivity index (χ0n) is 12.3. The van der Waals surface area contributed by atoms with Gasteiger partial charge in [-0.1, -0.05) is 39.0 Å². The lowest BCUT2D eigenvalue weighted by atomic mass is 9.70. The fraction of sp³-hybridized carbons (Fsp3) is 0.933. The molecule has 4 nitrogen and oxygen atoms in total. The van der Waals surface area contributed by atoms with Crippen LogP contribution in [0.2, 0.25) is 0 Å². The Morgan fingerprint density at radius 3 is 2.35 bits per heavy atom. The molecule has 0 bridgehead atoms. The summed E-state index contributed by atoms with van der Waals surface area (Å²) in [6.45, 7) is 2.25. The molecule has 2 atom stereocenters. The van der Waals surface area contributed by atoms with Gasteiger partial charge in [-0.15, -0.1) is 0 Å². The molecule has 2 aliphatic rings. The third-order valence-corrected chi connectivity index (χ3v) is 7.17. The minimum absolute atomic E-state index is 0.257. The Morgan fingerprint density at radius 1 is 1.10 bits per heavy atom. The van der Waals surface area contributed by atoms with Gasteiger partial charge in [-0.3, -0.25) is 0 Å². The first-order chi connectivity index (χ1) is 9.58. The van der Waals surface area contributed by atoms with Gasteiger partial charge >= 0.3 is 0 Å². The van der Waals surface area contributed by atoms with E-state index in [2.05, 4.69) is 11.6 Å². The molecule has 2 unspecified atom stereocenters. The number of hydrogen-bond acceptors (Lipinski definition) is 3. The van der Waals surface area contributed by atoms with E-state index in [1.54, 1.807) is 6.19 Å². The first-order valence-corrected chi connectivity index (χ1v) is 9.52. The average molecular weight is 298 g/mol. The van der Waals surface area contributed by atoms with Crippen molar-refractivity contribution in [3.05, 3.63) is 0 Å². The van der Waals surface area contributed by atoms with E-state index in [-0.39, 0.29) is 11.2 Å². The molecule has 2 fully saturated rings. The minimum Gasteiger partial charge on any atom is -0.219 e. The molecule has 0 heterocycles. The fourth-order valence-corrected chi connectivity index (χ4v) is 5.79. The van der Waals surface area contributed by atoms with E-state index >= 15 is 0 Å². The van der Waals surface area contributed by atoms with Crippen molar-refractivity contribution in [1.29, 1.82) is 5.26 Å². The number of nitriles is 1. The van der Waals surface area contributed by atoms with Crippen molar-refractivity contribution < 1.29 is 8.42 Å². The normalized spacial score (nSPS) is 35.2. The summed E-state index contributed by atoms with van der Waals surface area (Å²) in [5.74, 6) is 1.63. The van der Waals surface area contributed by atoms with Crippen LogP contribution in [-0.2, 0) is 10.0 Å². The number of nitrogens with zero attached hydrogens (tertiary/aromatic N) is 1. The van der Waals surface area contributed by atoms with Gasteiger partial charge in [-0.25, -0.2) is 13.1 Å².